The first-order valence-electron chi connectivity index (χ1n) is 8.01. The molecule has 0 aliphatic carbocycles. The minimum atomic E-state index is -2.11. The molecule has 1 aromatic rings. The van der Waals surface area contributed by atoms with E-state index in [2.05, 4.69) is 52.0 Å². The maximum Gasteiger partial charge on any atom is 0.224 e. The lowest BCUT2D eigenvalue weighted by molar-refractivity contribution is 0.0790. The van der Waals surface area contributed by atoms with E-state index in [1.165, 1.54) is 6.07 Å². The minimum absolute atomic E-state index is 0.0264. The van der Waals surface area contributed by atoms with Crippen LogP contribution in [0.3, 0.4) is 0 Å². The third kappa shape index (κ3) is 4.48. The van der Waals surface area contributed by atoms with Gasteiger partial charge in [0, 0.05) is 0 Å². The Hall–Kier alpha value is -1.59. The Morgan fingerprint density at radius 1 is 1.29 bits per heavy atom. The van der Waals surface area contributed by atoms with Gasteiger partial charge in [-0.3, -0.25) is 4.79 Å². The SMILES string of the molecule is C=C(C)C(=C)c1ccc(C(=O)C(C)O[Si](C)(C)C(C)(C)C)c(F)n1. The summed E-state index contributed by atoms with van der Waals surface area (Å²) in [4.78, 5) is 16.4. The predicted octanol–water partition coefficient (Wildman–Crippen LogP) is 5.40. The number of hydrogen-bond donors (Lipinski definition) is 0. The Labute approximate surface area is 145 Å². The highest BCUT2D eigenvalue weighted by Gasteiger charge is 2.40. The number of carbonyl (C=O) groups excluding carboxylic acids is 1. The quantitative estimate of drug-likeness (QED) is 0.299. The topological polar surface area (TPSA) is 39.2 Å². The van der Waals surface area contributed by atoms with Crippen LogP contribution in [-0.2, 0) is 4.43 Å². The second kappa shape index (κ2) is 7.11. The average molecular weight is 350 g/mol. The summed E-state index contributed by atoms with van der Waals surface area (Å²) in [6, 6.07) is 3.03. The van der Waals surface area contributed by atoms with Gasteiger partial charge in [-0.15, -0.1) is 0 Å². The Morgan fingerprint density at radius 2 is 1.83 bits per heavy atom. The van der Waals surface area contributed by atoms with E-state index >= 15 is 0 Å². The van der Waals surface area contributed by atoms with Crippen molar-refractivity contribution in [2.75, 3.05) is 0 Å². The first kappa shape index (κ1) is 20.5. The zero-order chi connectivity index (χ0) is 18.9. The molecule has 132 valence electrons. The lowest BCUT2D eigenvalue weighted by Crippen LogP contribution is -2.45. The Balaban J connectivity index is 3.04. The molecule has 0 fully saturated rings. The molecule has 1 heterocycles. The van der Waals surface area contributed by atoms with Gasteiger partial charge in [0.25, 0.3) is 0 Å². The molecule has 0 amide bonds. The molecule has 1 atom stereocenters. The van der Waals surface area contributed by atoms with Crippen LogP contribution >= 0.6 is 0 Å². The number of ketones is 1. The van der Waals surface area contributed by atoms with Gasteiger partial charge in [0.2, 0.25) is 5.95 Å². The van der Waals surface area contributed by atoms with E-state index in [-0.39, 0.29) is 10.6 Å². The number of nitrogens with zero attached hydrogens (tertiary/aromatic N) is 1. The molecule has 0 aromatic carbocycles. The van der Waals surface area contributed by atoms with E-state index in [1.54, 1.807) is 19.9 Å². The van der Waals surface area contributed by atoms with Crippen molar-refractivity contribution in [2.24, 2.45) is 0 Å². The summed E-state index contributed by atoms with van der Waals surface area (Å²) in [6.45, 7) is 21.4. The van der Waals surface area contributed by atoms with Crippen molar-refractivity contribution in [2.45, 2.75) is 58.9 Å². The van der Waals surface area contributed by atoms with Crippen molar-refractivity contribution in [3.05, 3.63) is 48.1 Å². The molecule has 24 heavy (non-hydrogen) atoms. The summed E-state index contributed by atoms with van der Waals surface area (Å²) in [5.41, 5.74) is 1.59. The lowest BCUT2D eigenvalue weighted by Gasteiger charge is -2.38. The van der Waals surface area contributed by atoms with E-state index in [4.69, 9.17) is 4.43 Å². The van der Waals surface area contributed by atoms with Crippen molar-refractivity contribution < 1.29 is 13.6 Å². The molecule has 0 saturated carbocycles. The molecule has 5 heteroatoms. The van der Waals surface area contributed by atoms with Gasteiger partial charge in [0.1, 0.15) is 6.10 Å². The summed E-state index contributed by atoms with van der Waals surface area (Å²) in [5, 5.41) is -0.0264. The number of carbonyl (C=O) groups is 1. The number of Topliss-reactive ketones (excluding diaryl/α,β-unsaturated/α-hetero) is 1. The van der Waals surface area contributed by atoms with E-state index in [1.807, 2.05) is 0 Å². The van der Waals surface area contributed by atoms with Crippen molar-refractivity contribution in [1.82, 2.24) is 4.98 Å². The molecule has 0 aliphatic heterocycles. The lowest BCUT2D eigenvalue weighted by atomic mass is 10.0. The number of pyridine rings is 1. The Kier molecular flexibility index (Phi) is 6.06. The number of halogens is 1. The van der Waals surface area contributed by atoms with Gasteiger partial charge in [-0.05, 0) is 55.3 Å². The minimum Gasteiger partial charge on any atom is -0.407 e. The molecular weight excluding hydrogens is 321 g/mol. The van der Waals surface area contributed by atoms with Gasteiger partial charge in [0.15, 0.2) is 14.1 Å². The van der Waals surface area contributed by atoms with Crippen LogP contribution in [0.15, 0.2) is 30.9 Å². The molecule has 1 aromatic heterocycles. The molecule has 0 aliphatic rings. The van der Waals surface area contributed by atoms with Crippen molar-refractivity contribution in [3.63, 3.8) is 0 Å². The first-order chi connectivity index (χ1) is 10.8. The Bertz CT molecular complexity index is 674. The maximum atomic E-state index is 14.3. The summed E-state index contributed by atoms with van der Waals surface area (Å²) in [6.07, 6.45) is -0.711. The summed E-state index contributed by atoms with van der Waals surface area (Å²) in [5.74, 6) is -1.19. The van der Waals surface area contributed by atoms with E-state index in [0.717, 1.165) is 0 Å². The van der Waals surface area contributed by atoms with Crippen molar-refractivity contribution >= 4 is 19.7 Å². The first-order valence-corrected chi connectivity index (χ1v) is 10.9. The second-order valence-corrected chi connectivity index (χ2v) is 12.4. The fraction of sp³-hybridized carbons (Fsp3) is 0.474. The average Bonchev–Trinajstić information content (AvgIpc) is 2.43. The molecule has 0 N–H and O–H groups in total. The fourth-order valence-electron chi connectivity index (χ4n) is 1.90. The van der Waals surface area contributed by atoms with Crippen LogP contribution in [0.1, 0.15) is 50.7 Å². The fourth-order valence-corrected chi connectivity index (χ4v) is 3.24. The van der Waals surface area contributed by atoms with Gasteiger partial charge in [0.05, 0.1) is 11.3 Å². The molecule has 0 radical (unpaired) electrons. The van der Waals surface area contributed by atoms with Crippen LogP contribution in [0.2, 0.25) is 18.1 Å². The number of rotatable bonds is 6. The molecule has 3 nitrogen and oxygen atoms in total. The standard InChI is InChI=1S/C19H28FNO2Si/c1-12(2)13(3)16-11-10-15(18(20)21-16)17(22)14(4)23-24(8,9)19(5,6)7/h10-11,14H,1,3H2,2,4-9H3. The summed E-state index contributed by atoms with van der Waals surface area (Å²) in [7, 11) is -2.11. The summed E-state index contributed by atoms with van der Waals surface area (Å²) < 4.78 is 20.4. The van der Waals surface area contributed by atoms with Gasteiger partial charge in [-0.25, -0.2) is 4.98 Å². The highest BCUT2D eigenvalue weighted by Crippen LogP contribution is 2.37. The molecule has 1 unspecified atom stereocenters. The molecule has 0 saturated heterocycles. The Morgan fingerprint density at radius 3 is 2.25 bits per heavy atom. The van der Waals surface area contributed by atoms with Crippen molar-refractivity contribution in [3.8, 4) is 0 Å². The normalized spacial score (nSPS) is 13.5. The zero-order valence-corrected chi connectivity index (χ0v) is 16.8. The molecule has 1 rings (SSSR count). The third-order valence-electron chi connectivity index (χ3n) is 4.59. The monoisotopic (exact) mass is 349 g/mol. The second-order valence-electron chi connectivity index (χ2n) is 7.68. The van der Waals surface area contributed by atoms with Crippen molar-refractivity contribution in [1.29, 1.82) is 0 Å². The highest BCUT2D eigenvalue weighted by atomic mass is 28.4. The predicted molar refractivity (Wildman–Crippen MR) is 100 cm³/mol. The van der Waals surface area contributed by atoms with Crippen LogP contribution in [0.5, 0.6) is 0 Å². The molecule has 0 bridgehead atoms. The van der Waals surface area contributed by atoms with Crippen LogP contribution in [-0.4, -0.2) is 25.2 Å². The largest absolute Gasteiger partial charge is 0.407 e. The number of allylic oxidation sites excluding steroid dienone is 2. The number of hydrogen-bond acceptors (Lipinski definition) is 3. The van der Waals surface area contributed by atoms with E-state index in [9.17, 15) is 9.18 Å². The van der Waals surface area contributed by atoms with Crippen LogP contribution in [0, 0.1) is 5.95 Å². The van der Waals surface area contributed by atoms with E-state index < -0.39 is 26.2 Å². The third-order valence-corrected chi connectivity index (χ3v) is 9.14. The van der Waals surface area contributed by atoms with Crippen LogP contribution in [0.25, 0.3) is 5.57 Å². The van der Waals surface area contributed by atoms with Gasteiger partial charge in [-0.2, -0.15) is 4.39 Å². The van der Waals surface area contributed by atoms with Gasteiger partial charge in [-0.1, -0.05) is 33.9 Å². The molecule has 0 spiro atoms. The smallest absolute Gasteiger partial charge is 0.224 e. The van der Waals surface area contributed by atoms with Crippen LogP contribution < -0.4 is 0 Å². The summed E-state index contributed by atoms with van der Waals surface area (Å²) >= 11 is 0. The molecular formula is C19H28FNO2Si. The zero-order valence-electron chi connectivity index (χ0n) is 15.8. The van der Waals surface area contributed by atoms with Crippen LogP contribution in [0.4, 0.5) is 4.39 Å². The maximum absolute atomic E-state index is 14.3. The highest BCUT2D eigenvalue weighted by molar-refractivity contribution is 6.74. The van der Waals surface area contributed by atoms with E-state index in [0.29, 0.717) is 16.8 Å². The number of aromatic nitrogens is 1. The van der Waals surface area contributed by atoms with Gasteiger partial charge >= 0.3 is 0 Å². The van der Waals surface area contributed by atoms with Gasteiger partial charge < -0.3 is 4.43 Å².